The predicted molar refractivity (Wildman–Crippen MR) is 57.5 cm³/mol. The Balaban J connectivity index is 2.67. The Bertz CT molecular complexity index is 485. The number of nitrogens with one attached hydrogen (secondary N) is 1. The van der Waals surface area contributed by atoms with Crippen LogP contribution in [0.1, 0.15) is 5.56 Å². The number of nitrogens with two attached hydrogens (primary N) is 1. The molecule has 0 fully saturated rings. The molecule has 0 heterocycles. The number of benzene rings is 1. The van der Waals surface area contributed by atoms with Crippen LogP contribution in [-0.2, 0) is 15.8 Å². The molecule has 0 saturated heterocycles. The van der Waals surface area contributed by atoms with Crippen molar-refractivity contribution in [2.24, 2.45) is 0 Å². The second-order valence-corrected chi connectivity index (χ2v) is 5.25. The quantitative estimate of drug-likeness (QED) is 0.807. The molecule has 0 aliphatic rings. The molecule has 1 aromatic rings. The van der Waals surface area contributed by atoms with Gasteiger partial charge in [-0.3, -0.25) is 0 Å². The maximum absolute atomic E-state index is 11.8. The van der Waals surface area contributed by atoms with Crippen LogP contribution in [0.4, 0.5) is 18.9 Å². The molecule has 0 saturated carbocycles. The van der Waals surface area contributed by atoms with Gasteiger partial charge in [-0.2, -0.15) is 13.2 Å². The monoisotopic (exact) mass is 268 g/mol. The van der Waals surface area contributed by atoms with E-state index in [1.165, 1.54) is 22.9 Å². The molecule has 0 bridgehead atoms. The van der Waals surface area contributed by atoms with E-state index in [0.717, 1.165) is 0 Å². The maximum atomic E-state index is 11.8. The van der Waals surface area contributed by atoms with Gasteiger partial charge >= 0.3 is 6.18 Å². The zero-order valence-corrected chi connectivity index (χ0v) is 9.48. The first-order chi connectivity index (χ1) is 7.68. The largest absolute Gasteiger partial charge is 0.402 e. The number of alkyl halides is 3. The van der Waals surface area contributed by atoms with E-state index in [4.69, 9.17) is 5.73 Å². The van der Waals surface area contributed by atoms with Crippen molar-refractivity contribution in [2.75, 3.05) is 12.3 Å². The van der Waals surface area contributed by atoms with Crippen LogP contribution in [-0.4, -0.2) is 21.1 Å². The van der Waals surface area contributed by atoms with E-state index in [1.54, 1.807) is 6.07 Å². The lowest BCUT2D eigenvalue weighted by molar-refractivity contribution is -0.121. The Kier molecular flexibility index (Phi) is 3.99. The fourth-order valence-corrected chi connectivity index (χ4v) is 2.25. The molecule has 8 heteroatoms. The molecular weight excluding hydrogens is 257 g/mol. The van der Waals surface area contributed by atoms with Crippen molar-refractivity contribution in [2.45, 2.75) is 11.9 Å². The van der Waals surface area contributed by atoms with E-state index in [9.17, 15) is 21.6 Å². The highest BCUT2D eigenvalue weighted by molar-refractivity contribution is 7.88. The Morgan fingerprint density at radius 3 is 2.47 bits per heavy atom. The van der Waals surface area contributed by atoms with Crippen LogP contribution in [0.5, 0.6) is 0 Å². The first-order valence-electron chi connectivity index (χ1n) is 4.56. The highest BCUT2D eigenvalue weighted by atomic mass is 32.2. The van der Waals surface area contributed by atoms with Crippen molar-refractivity contribution >= 4 is 15.7 Å². The molecule has 1 aromatic carbocycles. The fourth-order valence-electron chi connectivity index (χ4n) is 1.15. The second kappa shape index (κ2) is 4.92. The van der Waals surface area contributed by atoms with Gasteiger partial charge in [0.05, 0.1) is 5.75 Å². The highest BCUT2D eigenvalue weighted by Crippen LogP contribution is 2.14. The fraction of sp³-hybridized carbons (Fsp3) is 0.333. The minimum absolute atomic E-state index is 0.333. The van der Waals surface area contributed by atoms with E-state index < -0.39 is 28.5 Å². The predicted octanol–water partition coefficient (Wildman–Crippen LogP) is 1.25. The summed E-state index contributed by atoms with van der Waals surface area (Å²) in [7, 11) is -4.01. The first kappa shape index (κ1) is 13.8. The van der Waals surface area contributed by atoms with Gasteiger partial charge in [-0.05, 0) is 17.7 Å². The van der Waals surface area contributed by atoms with Crippen LogP contribution in [0.15, 0.2) is 24.3 Å². The van der Waals surface area contributed by atoms with Gasteiger partial charge < -0.3 is 5.73 Å². The number of anilines is 1. The van der Waals surface area contributed by atoms with Gasteiger partial charge in [0.1, 0.15) is 6.54 Å². The van der Waals surface area contributed by atoms with E-state index in [-0.39, 0.29) is 0 Å². The molecule has 0 spiro atoms. The zero-order chi connectivity index (χ0) is 13.1. The number of rotatable bonds is 4. The van der Waals surface area contributed by atoms with Crippen LogP contribution in [0.3, 0.4) is 0 Å². The van der Waals surface area contributed by atoms with Gasteiger partial charge in [-0.15, -0.1) is 0 Å². The molecule has 0 radical (unpaired) electrons. The summed E-state index contributed by atoms with van der Waals surface area (Å²) in [4.78, 5) is 0. The topological polar surface area (TPSA) is 72.2 Å². The lowest BCUT2D eigenvalue weighted by atomic mass is 10.2. The number of hydrogen-bond donors (Lipinski definition) is 2. The standard InChI is InChI=1S/C9H11F3N2O2S/c10-9(11,12)6-14-17(15,16)5-7-2-1-3-8(13)4-7/h1-4,14H,5-6,13H2. The lowest BCUT2D eigenvalue weighted by Gasteiger charge is -2.09. The van der Waals surface area contributed by atoms with E-state index in [0.29, 0.717) is 11.3 Å². The molecule has 0 aliphatic heterocycles. The van der Waals surface area contributed by atoms with E-state index >= 15 is 0 Å². The number of sulfonamides is 1. The van der Waals surface area contributed by atoms with Gasteiger partial charge in [0.15, 0.2) is 0 Å². The Labute approximate surface area is 96.7 Å². The Morgan fingerprint density at radius 2 is 1.94 bits per heavy atom. The number of nitrogen functional groups attached to an aromatic ring is 1. The van der Waals surface area contributed by atoms with E-state index in [1.807, 2.05) is 0 Å². The summed E-state index contributed by atoms with van der Waals surface area (Å²) in [5.41, 5.74) is 6.11. The normalized spacial score (nSPS) is 12.6. The Hall–Kier alpha value is -1.28. The van der Waals surface area contributed by atoms with Crippen LogP contribution in [0, 0.1) is 0 Å². The molecule has 0 unspecified atom stereocenters. The molecule has 0 aliphatic carbocycles. The average molecular weight is 268 g/mol. The highest BCUT2D eigenvalue weighted by Gasteiger charge is 2.29. The minimum atomic E-state index is -4.57. The number of halogens is 3. The average Bonchev–Trinajstić information content (AvgIpc) is 2.13. The molecule has 4 nitrogen and oxygen atoms in total. The molecule has 1 rings (SSSR count). The summed E-state index contributed by atoms with van der Waals surface area (Å²) in [5.74, 6) is -0.534. The third-order valence-electron chi connectivity index (χ3n) is 1.80. The van der Waals surface area contributed by atoms with Gasteiger partial charge in [0.2, 0.25) is 10.0 Å². The van der Waals surface area contributed by atoms with Crippen molar-refractivity contribution in [3.05, 3.63) is 29.8 Å². The van der Waals surface area contributed by atoms with Gasteiger partial charge in [0.25, 0.3) is 0 Å². The van der Waals surface area contributed by atoms with Crippen LogP contribution >= 0.6 is 0 Å². The molecular formula is C9H11F3N2O2S. The van der Waals surface area contributed by atoms with Crippen molar-refractivity contribution in [3.8, 4) is 0 Å². The molecule has 3 N–H and O–H groups in total. The summed E-state index contributed by atoms with van der Waals surface area (Å²) in [5, 5.41) is 0. The smallest absolute Gasteiger partial charge is 0.399 e. The summed E-state index contributed by atoms with van der Waals surface area (Å²) in [6, 6.07) is 5.96. The van der Waals surface area contributed by atoms with Crippen molar-refractivity contribution in [3.63, 3.8) is 0 Å². The van der Waals surface area contributed by atoms with Gasteiger partial charge in [-0.1, -0.05) is 12.1 Å². The first-order valence-corrected chi connectivity index (χ1v) is 6.22. The van der Waals surface area contributed by atoms with E-state index in [2.05, 4.69) is 0 Å². The van der Waals surface area contributed by atoms with Gasteiger partial charge in [-0.25, -0.2) is 13.1 Å². The van der Waals surface area contributed by atoms with Crippen molar-refractivity contribution < 1.29 is 21.6 Å². The molecule has 0 amide bonds. The second-order valence-electron chi connectivity index (χ2n) is 3.44. The third kappa shape index (κ3) is 5.55. The number of hydrogen-bond acceptors (Lipinski definition) is 3. The zero-order valence-electron chi connectivity index (χ0n) is 8.66. The molecule has 96 valence electrons. The van der Waals surface area contributed by atoms with Crippen molar-refractivity contribution in [1.29, 1.82) is 0 Å². The SMILES string of the molecule is Nc1cccc(CS(=O)(=O)NCC(F)(F)F)c1. The summed E-state index contributed by atoms with van der Waals surface area (Å²) >= 11 is 0. The summed E-state index contributed by atoms with van der Waals surface area (Å²) in [6.07, 6.45) is -4.57. The minimum Gasteiger partial charge on any atom is -0.399 e. The summed E-state index contributed by atoms with van der Waals surface area (Å²) in [6.45, 7) is -1.57. The summed E-state index contributed by atoms with van der Waals surface area (Å²) < 4.78 is 59.6. The van der Waals surface area contributed by atoms with Gasteiger partial charge in [0, 0.05) is 5.69 Å². The molecule has 0 atom stereocenters. The van der Waals surface area contributed by atoms with Crippen LogP contribution in [0.25, 0.3) is 0 Å². The molecule has 0 aromatic heterocycles. The molecule has 17 heavy (non-hydrogen) atoms. The third-order valence-corrected chi connectivity index (χ3v) is 3.10. The lowest BCUT2D eigenvalue weighted by Crippen LogP contribution is -2.34. The van der Waals surface area contributed by atoms with Crippen LogP contribution < -0.4 is 10.5 Å². The van der Waals surface area contributed by atoms with Crippen LogP contribution in [0.2, 0.25) is 0 Å². The van der Waals surface area contributed by atoms with Crippen molar-refractivity contribution in [1.82, 2.24) is 4.72 Å². The Morgan fingerprint density at radius 1 is 1.29 bits per heavy atom. The maximum Gasteiger partial charge on any atom is 0.402 e.